The number of phenols is 1. The maximum Gasteiger partial charge on any atom is 0.319 e. The van der Waals surface area contributed by atoms with Crippen LogP contribution in [0.1, 0.15) is 44.1 Å². The van der Waals surface area contributed by atoms with E-state index in [1.165, 1.54) is 30.5 Å². The number of rotatable bonds is 3. The Labute approximate surface area is 275 Å². The number of pyridine rings is 1. The lowest BCUT2D eigenvalue weighted by molar-refractivity contribution is 0.107. The number of benzene rings is 2. The molecule has 0 aliphatic carbocycles. The van der Waals surface area contributed by atoms with Gasteiger partial charge in [-0.2, -0.15) is 9.97 Å². The summed E-state index contributed by atoms with van der Waals surface area (Å²) < 4.78 is 53.2. The Morgan fingerprint density at radius 2 is 2.04 bits per heavy atom. The van der Waals surface area contributed by atoms with E-state index in [1.54, 1.807) is 0 Å². The molecule has 1 N–H and O–H groups in total. The molecule has 3 atom stereocenters. The van der Waals surface area contributed by atoms with Crippen LogP contribution >= 0.6 is 0 Å². The van der Waals surface area contributed by atoms with Crippen LogP contribution in [0.4, 0.5) is 19.0 Å². The average Bonchev–Trinajstić information content (AvgIpc) is 3.61. The van der Waals surface area contributed by atoms with E-state index in [9.17, 15) is 9.50 Å². The van der Waals surface area contributed by atoms with Gasteiger partial charge in [-0.25, -0.2) is 18.2 Å². The molecule has 4 aromatic rings. The summed E-state index contributed by atoms with van der Waals surface area (Å²) in [5.41, 5.74) is -0.0657. The van der Waals surface area contributed by atoms with Gasteiger partial charge in [0.05, 0.1) is 10.9 Å². The highest BCUT2D eigenvalue weighted by molar-refractivity contribution is 6.01. The van der Waals surface area contributed by atoms with Crippen LogP contribution < -0.4 is 9.64 Å². The Hall–Kier alpha value is -4.52. The smallest absolute Gasteiger partial charge is 0.319 e. The van der Waals surface area contributed by atoms with Gasteiger partial charge >= 0.3 is 6.01 Å². The summed E-state index contributed by atoms with van der Waals surface area (Å²) >= 11 is 0. The highest BCUT2D eigenvalue weighted by Gasteiger charge is 2.49. The number of alkyl halides is 1. The lowest BCUT2D eigenvalue weighted by atomic mass is 9.93. The minimum Gasteiger partial charge on any atom is -0.508 e. The highest BCUT2D eigenvalue weighted by Crippen LogP contribution is 2.42. The summed E-state index contributed by atoms with van der Waals surface area (Å²) in [6, 6.07) is 5.72. The summed E-state index contributed by atoms with van der Waals surface area (Å²) in [6.07, 6.45) is 5.10. The monoisotopic (exact) mass is 659 g/mol. The molecule has 9 rings (SSSR count). The third-order valence-electron chi connectivity index (χ3n) is 10.4. The number of piperidine rings is 1. The first kappa shape index (κ1) is 30.8. The van der Waals surface area contributed by atoms with Crippen LogP contribution in [0.2, 0.25) is 0 Å². The number of fused-ring (bicyclic) bond motifs is 6. The zero-order chi connectivity index (χ0) is 33.0. The van der Waals surface area contributed by atoms with Crippen molar-refractivity contribution in [3.8, 4) is 23.0 Å². The van der Waals surface area contributed by atoms with Crippen LogP contribution in [-0.2, 0) is 11.3 Å². The Balaban J connectivity index is 1.31. The maximum absolute atomic E-state index is 17.0. The van der Waals surface area contributed by atoms with E-state index >= 15 is 8.78 Å². The number of ether oxygens (including phenoxy) is 1. The molecule has 0 spiro atoms. The zero-order valence-electron chi connectivity index (χ0n) is 26.5. The SMILES string of the molecule is C=N/C1=N\OCCc2c(F)ccc3cc(O)cc(c23)-c2ncc3c(nc(OC[C@@]45CCCN4C[C@H](F)C5)nc3c2F)N2CCCC(C1)C2. The molecule has 5 aliphatic rings. The first-order valence-electron chi connectivity index (χ1n) is 16.5. The van der Waals surface area contributed by atoms with E-state index in [1.807, 2.05) is 0 Å². The summed E-state index contributed by atoms with van der Waals surface area (Å²) in [4.78, 5) is 27.9. The lowest BCUT2D eigenvalue weighted by Gasteiger charge is -2.34. The molecule has 3 fully saturated rings. The summed E-state index contributed by atoms with van der Waals surface area (Å²) in [5, 5.41) is 16.2. The first-order chi connectivity index (χ1) is 23.3. The predicted octanol–water partition coefficient (Wildman–Crippen LogP) is 5.98. The topological polar surface area (TPSA) is 109 Å². The van der Waals surface area contributed by atoms with Crippen LogP contribution in [0.3, 0.4) is 0 Å². The third-order valence-corrected chi connectivity index (χ3v) is 10.4. The van der Waals surface area contributed by atoms with Gasteiger partial charge in [-0.05, 0) is 79.4 Å². The Bertz CT molecular complexity index is 1960. The molecule has 2 aromatic carbocycles. The maximum atomic E-state index is 17.0. The second-order valence-electron chi connectivity index (χ2n) is 13.4. The van der Waals surface area contributed by atoms with Crippen molar-refractivity contribution >= 4 is 40.0 Å². The number of phenolic OH excluding ortho intramolecular Hbond substituents is 1. The van der Waals surface area contributed by atoms with Gasteiger partial charge in [0.15, 0.2) is 11.7 Å². The number of aromatic nitrogens is 3. The second-order valence-corrected chi connectivity index (χ2v) is 13.4. The van der Waals surface area contributed by atoms with Gasteiger partial charge in [0, 0.05) is 50.7 Å². The fourth-order valence-electron chi connectivity index (χ4n) is 8.17. The molecule has 10 nitrogen and oxygen atoms in total. The summed E-state index contributed by atoms with van der Waals surface area (Å²) in [7, 11) is 0. The third kappa shape index (κ3) is 5.37. The zero-order valence-corrected chi connectivity index (χ0v) is 26.5. The van der Waals surface area contributed by atoms with Crippen LogP contribution in [-0.4, -0.2) is 88.6 Å². The molecule has 13 heteroatoms. The summed E-state index contributed by atoms with van der Waals surface area (Å²) in [5.74, 6) is -0.340. The number of anilines is 1. The Morgan fingerprint density at radius 3 is 2.92 bits per heavy atom. The molecule has 5 aliphatic heterocycles. The van der Waals surface area contributed by atoms with Gasteiger partial charge < -0.3 is 19.6 Å². The van der Waals surface area contributed by atoms with Crippen LogP contribution in [0, 0.1) is 17.6 Å². The van der Waals surface area contributed by atoms with Crippen molar-refractivity contribution in [2.45, 2.75) is 56.7 Å². The molecule has 1 unspecified atom stereocenters. The minimum atomic E-state index is -0.926. The fourth-order valence-corrected chi connectivity index (χ4v) is 8.17. The second kappa shape index (κ2) is 12.2. The number of oxime groups is 1. The molecule has 0 amide bonds. The molecule has 48 heavy (non-hydrogen) atoms. The van der Waals surface area contributed by atoms with E-state index in [-0.39, 0.29) is 59.6 Å². The van der Waals surface area contributed by atoms with Crippen molar-refractivity contribution in [2.24, 2.45) is 16.1 Å². The standard InChI is InChI=1S/C35H36F3N7O3/c1-39-28-12-20-4-2-9-44(17-20)33-26-16-40-31(25-14-23(46)13-21-5-6-27(37)24(29(21)25)7-11-48-43-28)30(38)32(26)41-34(42-33)47-19-35-8-3-10-45(35)18-22(36)15-35/h5-6,13-14,16,20,22,46H,1-4,7-12,15,17-19H2/b43-28-/t20?,22-,35+/m1/s1. The fraction of sp³-hybridized carbons (Fsp3) is 0.457. The van der Waals surface area contributed by atoms with Gasteiger partial charge in [0.2, 0.25) is 0 Å². The van der Waals surface area contributed by atoms with E-state index < -0.39 is 23.3 Å². The van der Waals surface area contributed by atoms with Crippen LogP contribution in [0.5, 0.6) is 11.8 Å². The largest absolute Gasteiger partial charge is 0.508 e. The molecular weight excluding hydrogens is 623 g/mol. The quantitative estimate of drug-likeness (QED) is 0.268. The normalized spacial score (nSPS) is 25.6. The van der Waals surface area contributed by atoms with E-state index in [4.69, 9.17) is 14.6 Å². The molecule has 7 heterocycles. The van der Waals surface area contributed by atoms with Crippen molar-refractivity contribution in [3.63, 3.8) is 0 Å². The van der Waals surface area contributed by atoms with Gasteiger partial charge in [0.1, 0.15) is 48.0 Å². The van der Waals surface area contributed by atoms with Crippen molar-refractivity contribution in [2.75, 3.05) is 44.3 Å². The van der Waals surface area contributed by atoms with Crippen molar-refractivity contribution in [1.29, 1.82) is 0 Å². The Morgan fingerprint density at radius 1 is 1.15 bits per heavy atom. The van der Waals surface area contributed by atoms with Gasteiger partial charge in [-0.3, -0.25) is 9.88 Å². The molecule has 250 valence electrons. The number of hydrogen-bond donors (Lipinski definition) is 1. The molecular formula is C35H36F3N7O3. The number of nitrogens with zero attached hydrogens (tertiary/aromatic N) is 7. The number of halogens is 3. The number of hydrogen-bond acceptors (Lipinski definition) is 10. The van der Waals surface area contributed by atoms with Crippen molar-refractivity contribution in [3.05, 3.63) is 47.7 Å². The molecule has 3 saturated heterocycles. The minimum absolute atomic E-state index is 0.00482. The average molecular weight is 660 g/mol. The molecule has 0 saturated carbocycles. The van der Waals surface area contributed by atoms with Crippen LogP contribution in [0.25, 0.3) is 32.9 Å². The van der Waals surface area contributed by atoms with Crippen molar-refractivity contribution in [1.82, 2.24) is 19.9 Å². The Kier molecular flexibility index (Phi) is 7.81. The first-order valence-corrected chi connectivity index (χ1v) is 16.5. The number of aliphatic imine (C=N–C) groups is 1. The molecule has 2 aromatic heterocycles. The van der Waals surface area contributed by atoms with E-state index in [0.29, 0.717) is 60.3 Å². The molecule has 6 bridgehead atoms. The lowest BCUT2D eigenvalue weighted by Crippen LogP contribution is -2.43. The number of aromatic hydroxyl groups is 1. The molecule has 0 radical (unpaired) electrons. The van der Waals surface area contributed by atoms with E-state index in [2.05, 4.69) is 36.6 Å². The number of amidine groups is 1. The highest BCUT2D eigenvalue weighted by atomic mass is 19.1. The predicted molar refractivity (Wildman–Crippen MR) is 177 cm³/mol. The summed E-state index contributed by atoms with van der Waals surface area (Å²) in [6.45, 7) is 6.33. The van der Waals surface area contributed by atoms with Crippen LogP contribution in [0.15, 0.2) is 40.6 Å². The van der Waals surface area contributed by atoms with Crippen molar-refractivity contribution < 1.29 is 27.9 Å². The van der Waals surface area contributed by atoms with E-state index in [0.717, 1.165) is 32.2 Å². The van der Waals surface area contributed by atoms with Gasteiger partial charge in [0.25, 0.3) is 0 Å². The van der Waals surface area contributed by atoms with Gasteiger partial charge in [-0.15, -0.1) is 0 Å². The van der Waals surface area contributed by atoms with Gasteiger partial charge in [-0.1, -0.05) is 11.2 Å².